The lowest BCUT2D eigenvalue weighted by molar-refractivity contribution is 0.250. The van der Waals surface area contributed by atoms with Crippen LogP contribution in [0.1, 0.15) is 23.1 Å². The second kappa shape index (κ2) is 10.8. The topological polar surface area (TPSA) is 67.9 Å². The van der Waals surface area contributed by atoms with E-state index >= 15 is 0 Å². The lowest BCUT2D eigenvalue weighted by Crippen LogP contribution is -2.33. The Morgan fingerprint density at radius 1 is 1.12 bits per heavy atom. The smallest absolute Gasteiger partial charge is 0.250 e. The third-order valence-corrected chi connectivity index (χ3v) is 9.43. The number of sulfonamides is 1. The summed E-state index contributed by atoms with van der Waals surface area (Å²) < 4.78 is 40.6. The molecule has 4 rings (SSSR count). The quantitative estimate of drug-likeness (QED) is 0.413. The van der Waals surface area contributed by atoms with E-state index in [1.54, 1.807) is 20.3 Å². The molecule has 0 radical (unpaired) electrons. The van der Waals surface area contributed by atoms with Crippen molar-refractivity contribution >= 4 is 55.5 Å². The molecule has 1 aliphatic rings. The molecule has 3 aromatic rings. The van der Waals surface area contributed by atoms with Crippen LogP contribution in [-0.2, 0) is 23.0 Å². The summed E-state index contributed by atoms with van der Waals surface area (Å²) in [5.74, 6) is 1.49. The molecule has 0 saturated heterocycles. The summed E-state index contributed by atoms with van der Waals surface area (Å²) in [5.41, 5.74) is 3.26. The van der Waals surface area contributed by atoms with E-state index in [2.05, 4.69) is 15.7 Å². The van der Waals surface area contributed by atoms with Crippen molar-refractivity contribution in [3.63, 3.8) is 0 Å². The van der Waals surface area contributed by atoms with Crippen LogP contribution >= 0.6 is 35.3 Å². The van der Waals surface area contributed by atoms with E-state index in [0.29, 0.717) is 15.8 Å². The molecule has 2 aromatic carbocycles. The first-order valence-corrected chi connectivity index (χ1v) is 13.1. The molecule has 0 amide bonds. The van der Waals surface area contributed by atoms with Crippen molar-refractivity contribution in [2.75, 3.05) is 33.9 Å². The third-order valence-electron chi connectivity index (χ3n) is 5.84. The number of nitrogens with one attached hydrogen (secondary N) is 1. The number of benzene rings is 2. The summed E-state index contributed by atoms with van der Waals surface area (Å²) in [4.78, 5) is 2.34. The van der Waals surface area contributed by atoms with E-state index in [-0.39, 0.29) is 12.4 Å². The summed E-state index contributed by atoms with van der Waals surface area (Å²) in [6.07, 6.45) is 1.67. The van der Waals surface area contributed by atoms with Gasteiger partial charge in [0.2, 0.25) is 10.0 Å². The van der Waals surface area contributed by atoms with Crippen molar-refractivity contribution in [3.8, 4) is 11.5 Å². The van der Waals surface area contributed by atoms with E-state index < -0.39 is 10.0 Å². The number of halogens is 2. The summed E-state index contributed by atoms with van der Waals surface area (Å²) in [7, 11) is -0.266. The Bertz CT molecular complexity index is 1240. The third kappa shape index (κ3) is 5.58. The minimum atomic E-state index is -3.56. The minimum absolute atomic E-state index is 0. The van der Waals surface area contributed by atoms with Gasteiger partial charge in [-0.1, -0.05) is 11.6 Å². The molecule has 1 N–H and O–H groups in total. The van der Waals surface area contributed by atoms with Crippen LogP contribution in [0.4, 0.5) is 0 Å². The Hall–Kier alpha value is -1.55. The van der Waals surface area contributed by atoms with Crippen LogP contribution < -0.4 is 14.2 Å². The van der Waals surface area contributed by atoms with Gasteiger partial charge in [-0.05, 0) is 78.7 Å². The number of hydrogen-bond acceptors (Lipinski definition) is 6. The molecule has 2 heterocycles. The molecule has 1 aliphatic heterocycles. The predicted octanol–water partition coefficient (Wildman–Crippen LogP) is 5.03. The molecule has 0 atom stereocenters. The van der Waals surface area contributed by atoms with Crippen LogP contribution in [0.25, 0.3) is 10.1 Å². The van der Waals surface area contributed by atoms with Crippen LogP contribution in [0.5, 0.6) is 11.5 Å². The van der Waals surface area contributed by atoms with Gasteiger partial charge in [0, 0.05) is 29.4 Å². The maximum atomic E-state index is 12.9. The lowest BCUT2D eigenvalue weighted by Gasteiger charge is -2.29. The molecule has 6 nitrogen and oxygen atoms in total. The molecule has 0 unspecified atom stereocenters. The Kier molecular flexibility index (Phi) is 8.53. The number of rotatable bonds is 8. The highest BCUT2D eigenvalue weighted by Crippen LogP contribution is 2.35. The summed E-state index contributed by atoms with van der Waals surface area (Å²) in [6.45, 7) is 4.80. The van der Waals surface area contributed by atoms with Gasteiger partial charge in [0.25, 0.3) is 0 Å². The van der Waals surface area contributed by atoms with Crippen molar-refractivity contribution < 1.29 is 17.9 Å². The van der Waals surface area contributed by atoms with Crippen molar-refractivity contribution in [2.45, 2.75) is 30.5 Å². The molecule has 180 valence electrons. The monoisotopic (exact) mass is 530 g/mol. The molecule has 1 aromatic heterocycles. The van der Waals surface area contributed by atoms with Gasteiger partial charge < -0.3 is 9.47 Å². The number of hydrogen-bond donors (Lipinski definition) is 1. The predicted molar refractivity (Wildman–Crippen MR) is 137 cm³/mol. The first-order valence-electron chi connectivity index (χ1n) is 10.5. The van der Waals surface area contributed by atoms with Crippen LogP contribution in [0.3, 0.4) is 0 Å². The number of methoxy groups -OCH3 is 2. The minimum Gasteiger partial charge on any atom is -0.493 e. The van der Waals surface area contributed by atoms with Crippen molar-refractivity contribution in [1.29, 1.82) is 0 Å². The van der Waals surface area contributed by atoms with Crippen LogP contribution in [0, 0.1) is 6.92 Å². The van der Waals surface area contributed by atoms with Gasteiger partial charge in [0.15, 0.2) is 11.5 Å². The van der Waals surface area contributed by atoms with Crippen LogP contribution in [0.15, 0.2) is 34.5 Å². The molecule has 33 heavy (non-hydrogen) atoms. The fraction of sp³-hybridized carbons (Fsp3) is 0.391. The maximum Gasteiger partial charge on any atom is 0.250 e. The van der Waals surface area contributed by atoms with Gasteiger partial charge in [0.1, 0.15) is 4.21 Å². The highest BCUT2D eigenvalue weighted by Gasteiger charge is 2.22. The Balaban J connectivity index is 0.00000306. The van der Waals surface area contributed by atoms with Gasteiger partial charge in [-0.3, -0.25) is 4.90 Å². The van der Waals surface area contributed by atoms with E-state index in [4.69, 9.17) is 21.1 Å². The van der Waals surface area contributed by atoms with Crippen LogP contribution in [-0.4, -0.2) is 47.2 Å². The molecule has 0 aliphatic carbocycles. The standard InChI is InChI=1S/C23H27ClN2O4S2.ClH/c1-15-19-13-18(24)5-6-22(19)31-23(15)32(27,28)25-8-4-9-26-10-7-16-11-20(29-2)21(30-3)12-17(16)14-26;/h5-6,11-13,25H,4,7-10,14H2,1-3H3;1H. The largest absolute Gasteiger partial charge is 0.493 e. The van der Waals surface area contributed by atoms with E-state index in [0.717, 1.165) is 59.6 Å². The van der Waals surface area contributed by atoms with Gasteiger partial charge in [-0.25, -0.2) is 13.1 Å². The fourth-order valence-corrected chi connectivity index (χ4v) is 7.17. The number of fused-ring (bicyclic) bond motifs is 2. The van der Waals surface area contributed by atoms with E-state index in [1.807, 2.05) is 25.1 Å². The Labute approximate surface area is 210 Å². The second-order valence-corrected chi connectivity index (χ2v) is 11.4. The average molecular weight is 532 g/mol. The average Bonchev–Trinajstić information content (AvgIpc) is 3.12. The van der Waals surface area contributed by atoms with Gasteiger partial charge >= 0.3 is 0 Å². The molecule has 10 heteroatoms. The molecule has 0 saturated carbocycles. The molecule has 0 fully saturated rings. The number of nitrogens with zero attached hydrogens (tertiary/aromatic N) is 1. The highest BCUT2D eigenvalue weighted by atomic mass is 35.5. The zero-order chi connectivity index (χ0) is 22.9. The van der Waals surface area contributed by atoms with Gasteiger partial charge in [-0.15, -0.1) is 23.7 Å². The fourth-order valence-electron chi connectivity index (χ4n) is 4.13. The zero-order valence-electron chi connectivity index (χ0n) is 18.8. The van der Waals surface area contributed by atoms with E-state index in [9.17, 15) is 8.42 Å². The number of aryl methyl sites for hydroxylation is 1. The number of thiophene rings is 1. The van der Waals surface area contributed by atoms with Crippen molar-refractivity contribution in [2.24, 2.45) is 0 Å². The normalized spacial score (nSPS) is 14.1. The second-order valence-electron chi connectivity index (χ2n) is 7.91. The SMILES string of the molecule is COc1cc2c(cc1OC)CN(CCCNS(=O)(=O)c1sc3ccc(Cl)cc3c1C)CC2.Cl. The van der Waals surface area contributed by atoms with Crippen LogP contribution in [0.2, 0.25) is 5.02 Å². The first-order chi connectivity index (χ1) is 15.3. The summed E-state index contributed by atoms with van der Waals surface area (Å²) >= 11 is 7.36. The van der Waals surface area contributed by atoms with Crippen molar-refractivity contribution in [1.82, 2.24) is 9.62 Å². The van der Waals surface area contributed by atoms with Crippen molar-refractivity contribution in [3.05, 3.63) is 52.0 Å². The molecular formula is C23H28Cl2N2O4S2. The summed E-state index contributed by atoms with van der Waals surface area (Å²) in [6, 6.07) is 9.57. The Morgan fingerprint density at radius 2 is 1.82 bits per heavy atom. The Morgan fingerprint density at radius 3 is 2.52 bits per heavy atom. The van der Waals surface area contributed by atoms with E-state index in [1.165, 1.54) is 22.5 Å². The number of ether oxygens (including phenoxy) is 2. The maximum absolute atomic E-state index is 12.9. The zero-order valence-corrected chi connectivity index (χ0v) is 22.0. The van der Waals surface area contributed by atoms with Gasteiger partial charge in [-0.2, -0.15) is 0 Å². The summed E-state index contributed by atoms with van der Waals surface area (Å²) in [5, 5.41) is 1.50. The molecule has 0 bridgehead atoms. The highest BCUT2D eigenvalue weighted by molar-refractivity contribution is 7.91. The van der Waals surface area contributed by atoms with Gasteiger partial charge in [0.05, 0.1) is 14.2 Å². The molecular weight excluding hydrogens is 503 g/mol. The first kappa shape index (κ1) is 26.1. The molecule has 0 spiro atoms. The lowest BCUT2D eigenvalue weighted by atomic mass is 9.98.